The molecule has 0 atom stereocenters. The molecule has 0 unspecified atom stereocenters. The van der Waals surface area contributed by atoms with Crippen LogP contribution < -0.4 is 5.32 Å². The average molecular weight is 217 g/mol. The van der Waals surface area contributed by atoms with Gasteiger partial charge in [-0.2, -0.15) is 0 Å². The molecule has 16 heavy (non-hydrogen) atoms. The van der Waals surface area contributed by atoms with Gasteiger partial charge in [-0.25, -0.2) is 0 Å². The van der Waals surface area contributed by atoms with Crippen LogP contribution in [0.2, 0.25) is 0 Å². The molecule has 0 bridgehead atoms. The predicted molar refractivity (Wildman–Crippen MR) is 72.6 cm³/mol. The van der Waals surface area contributed by atoms with Gasteiger partial charge in [0.2, 0.25) is 0 Å². The highest BCUT2D eigenvalue weighted by Gasteiger charge is 1.90. The lowest BCUT2D eigenvalue weighted by atomic mass is 10.1. The van der Waals surface area contributed by atoms with E-state index < -0.39 is 0 Å². The minimum Gasteiger partial charge on any atom is -0.320 e. The van der Waals surface area contributed by atoms with Gasteiger partial charge >= 0.3 is 0 Å². The molecule has 1 rings (SSSR count). The Morgan fingerprint density at radius 1 is 1.12 bits per heavy atom. The van der Waals surface area contributed by atoms with Crippen molar-refractivity contribution >= 4 is 6.08 Å². The van der Waals surface area contributed by atoms with Crippen molar-refractivity contribution in [3.05, 3.63) is 41.5 Å². The van der Waals surface area contributed by atoms with Crippen LogP contribution in [0.5, 0.6) is 0 Å². The Hall–Kier alpha value is -1.08. The van der Waals surface area contributed by atoms with Crippen LogP contribution >= 0.6 is 0 Å². The van der Waals surface area contributed by atoms with Crippen LogP contribution in [0.3, 0.4) is 0 Å². The van der Waals surface area contributed by atoms with Crippen molar-refractivity contribution in [1.29, 1.82) is 0 Å². The lowest BCUT2D eigenvalue weighted by molar-refractivity contribution is 0.648. The van der Waals surface area contributed by atoms with Gasteiger partial charge < -0.3 is 5.32 Å². The fourth-order valence-corrected chi connectivity index (χ4v) is 1.72. The first kappa shape index (κ1) is 13.0. The zero-order valence-corrected chi connectivity index (χ0v) is 10.5. The van der Waals surface area contributed by atoms with Gasteiger partial charge in [0.1, 0.15) is 0 Å². The van der Waals surface area contributed by atoms with E-state index in [9.17, 15) is 0 Å². The Morgan fingerprint density at radius 3 is 2.69 bits per heavy atom. The number of benzene rings is 1. The third-order valence-corrected chi connectivity index (χ3v) is 2.78. The molecule has 0 saturated heterocycles. The SMILES string of the molecule is CNCCCCC/C=C/c1ccccc1C. The maximum absolute atomic E-state index is 3.17. The molecule has 0 aliphatic carbocycles. The molecule has 0 aliphatic rings. The molecular weight excluding hydrogens is 194 g/mol. The molecule has 1 N–H and O–H groups in total. The van der Waals surface area contributed by atoms with Gasteiger partial charge in [0.05, 0.1) is 0 Å². The van der Waals surface area contributed by atoms with Gasteiger partial charge in [-0.1, -0.05) is 42.8 Å². The van der Waals surface area contributed by atoms with Crippen LogP contribution in [0, 0.1) is 6.92 Å². The Labute approximate surface area is 99.6 Å². The van der Waals surface area contributed by atoms with Crippen molar-refractivity contribution in [2.75, 3.05) is 13.6 Å². The summed E-state index contributed by atoms with van der Waals surface area (Å²) < 4.78 is 0. The van der Waals surface area contributed by atoms with E-state index in [1.54, 1.807) is 0 Å². The Bertz CT molecular complexity index is 315. The van der Waals surface area contributed by atoms with E-state index in [1.165, 1.54) is 36.8 Å². The summed E-state index contributed by atoms with van der Waals surface area (Å²) in [6, 6.07) is 8.52. The van der Waals surface area contributed by atoms with E-state index in [1.807, 2.05) is 7.05 Å². The lowest BCUT2D eigenvalue weighted by Crippen LogP contribution is -2.06. The summed E-state index contributed by atoms with van der Waals surface area (Å²) in [5, 5.41) is 3.17. The standard InChI is InChI=1S/C15H23N/c1-14-10-7-8-12-15(14)11-6-4-3-5-9-13-16-2/h6-8,10-12,16H,3-5,9,13H2,1-2H3/b11-6+. The van der Waals surface area contributed by atoms with Crippen LogP contribution in [-0.2, 0) is 0 Å². The van der Waals surface area contributed by atoms with Crippen LogP contribution in [0.25, 0.3) is 6.08 Å². The first-order valence-electron chi connectivity index (χ1n) is 6.21. The monoisotopic (exact) mass is 217 g/mol. The Kier molecular flexibility index (Phi) is 6.59. The fourth-order valence-electron chi connectivity index (χ4n) is 1.72. The van der Waals surface area contributed by atoms with Crippen molar-refractivity contribution in [3.8, 4) is 0 Å². The third-order valence-electron chi connectivity index (χ3n) is 2.78. The highest BCUT2D eigenvalue weighted by atomic mass is 14.8. The highest BCUT2D eigenvalue weighted by Crippen LogP contribution is 2.10. The van der Waals surface area contributed by atoms with Crippen molar-refractivity contribution < 1.29 is 0 Å². The lowest BCUT2D eigenvalue weighted by Gasteiger charge is -1.99. The molecule has 88 valence electrons. The van der Waals surface area contributed by atoms with Gasteiger partial charge in [0.15, 0.2) is 0 Å². The first-order valence-corrected chi connectivity index (χ1v) is 6.21. The zero-order valence-electron chi connectivity index (χ0n) is 10.5. The van der Waals surface area contributed by atoms with Crippen molar-refractivity contribution in [3.63, 3.8) is 0 Å². The highest BCUT2D eigenvalue weighted by molar-refractivity contribution is 5.53. The number of unbranched alkanes of at least 4 members (excludes halogenated alkanes) is 3. The first-order chi connectivity index (χ1) is 7.84. The second kappa shape index (κ2) is 8.12. The largest absolute Gasteiger partial charge is 0.320 e. The maximum Gasteiger partial charge on any atom is -0.00519 e. The Balaban J connectivity index is 2.20. The van der Waals surface area contributed by atoms with Crippen molar-refractivity contribution in [1.82, 2.24) is 5.32 Å². The number of hydrogen-bond acceptors (Lipinski definition) is 1. The van der Waals surface area contributed by atoms with Crippen LogP contribution in [0.4, 0.5) is 0 Å². The maximum atomic E-state index is 3.17. The predicted octanol–water partition coefficient (Wildman–Crippen LogP) is 3.79. The molecule has 1 nitrogen and oxygen atoms in total. The average Bonchev–Trinajstić information content (AvgIpc) is 2.30. The third kappa shape index (κ3) is 5.13. The molecule has 0 spiro atoms. The van der Waals surface area contributed by atoms with Crippen LogP contribution in [0.15, 0.2) is 30.3 Å². The molecule has 0 radical (unpaired) electrons. The van der Waals surface area contributed by atoms with Crippen LogP contribution in [-0.4, -0.2) is 13.6 Å². The quantitative estimate of drug-likeness (QED) is 0.685. The number of allylic oxidation sites excluding steroid dienone is 1. The normalized spacial score (nSPS) is 11.1. The van der Waals surface area contributed by atoms with E-state index in [0.717, 1.165) is 6.54 Å². The summed E-state index contributed by atoms with van der Waals surface area (Å²) in [5.74, 6) is 0. The van der Waals surface area contributed by atoms with Crippen LogP contribution in [0.1, 0.15) is 36.8 Å². The molecule has 0 aliphatic heterocycles. The fraction of sp³-hybridized carbons (Fsp3) is 0.467. The number of aryl methyl sites for hydroxylation is 1. The molecule has 0 amide bonds. The Morgan fingerprint density at radius 2 is 1.94 bits per heavy atom. The topological polar surface area (TPSA) is 12.0 Å². The van der Waals surface area contributed by atoms with E-state index in [2.05, 4.69) is 48.7 Å². The van der Waals surface area contributed by atoms with Gasteiger partial charge in [0, 0.05) is 0 Å². The molecule has 0 aromatic heterocycles. The van der Waals surface area contributed by atoms with Gasteiger partial charge in [-0.3, -0.25) is 0 Å². The van der Waals surface area contributed by atoms with Crippen molar-refractivity contribution in [2.24, 2.45) is 0 Å². The summed E-state index contributed by atoms with van der Waals surface area (Å²) in [4.78, 5) is 0. The minimum atomic E-state index is 1.14. The number of hydrogen-bond donors (Lipinski definition) is 1. The van der Waals surface area contributed by atoms with Crippen molar-refractivity contribution in [2.45, 2.75) is 32.6 Å². The van der Waals surface area contributed by atoms with E-state index >= 15 is 0 Å². The molecule has 1 heteroatoms. The molecule has 0 fully saturated rings. The van der Waals surface area contributed by atoms with Gasteiger partial charge in [-0.15, -0.1) is 0 Å². The van der Waals surface area contributed by atoms with E-state index in [4.69, 9.17) is 0 Å². The second-order valence-corrected chi connectivity index (χ2v) is 4.21. The molecular formula is C15H23N. The number of rotatable bonds is 7. The summed E-state index contributed by atoms with van der Waals surface area (Å²) >= 11 is 0. The minimum absolute atomic E-state index is 1.14. The molecule has 0 heterocycles. The summed E-state index contributed by atoms with van der Waals surface area (Å²) in [5.41, 5.74) is 2.70. The second-order valence-electron chi connectivity index (χ2n) is 4.21. The van der Waals surface area contributed by atoms with Gasteiger partial charge in [0.25, 0.3) is 0 Å². The zero-order chi connectivity index (χ0) is 11.6. The van der Waals surface area contributed by atoms with Gasteiger partial charge in [-0.05, 0) is 50.9 Å². The summed E-state index contributed by atoms with van der Waals surface area (Å²) in [6.07, 6.45) is 9.63. The summed E-state index contributed by atoms with van der Waals surface area (Å²) in [7, 11) is 2.01. The molecule has 1 aromatic rings. The van der Waals surface area contributed by atoms with E-state index in [0.29, 0.717) is 0 Å². The molecule has 0 saturated carbocycles. The summed E-state index contributed by atoms with van der Waals surface area (Å²) in [6.45, 7) is 3.30. The molecule has 1 aromatic carbocycles. The smallest absolute Gasteiger partial charge is 0.00519 e. The number of nitrogens with one attached hydrogen (secondary N) is 1. The van der Waals surface area contributed by atoms with E-state index in [-0.39, 0.29) is 0 Å².